The van der Waals surface area contributed by atoms with Crippen molar-refractivity contribution >= 4 is 10.2 Å². The van der Waals surface area contributed by atoms with Crippen molar-refractivity contribution in [2.24, 2.45) is 23.5 Å². The molecule has 2 aliphatic heterocycles. The Morgan fingerprint density at radius 1 is 0.857 bits per heavy atom. The summed E-state index contributed by atoms with van der Waals surface area (Å²) in [5.41, 5.74) is 5.70. The van der Waals surface area contributed by atoms with Crippen LogP contribution in [0.2, 0.25) is 0 Å². The fourth-order valence-corrected chi connectivity index (χ4v) is 6.03. The van der Waals surface area contributed by atoms with Crippen LogP contribution >= 0.6 is 0 Å². The van der Waals surface area contributed by atoms with Gasteiger partial charge < -0.3 is 5.73 Å². The molecular weight excluding hydrogens is 286 g/mol. The van der Waals surface area contributed by atoms with Crippen LogP contribution in [-0.2, 0) is 10.2 Å². The summed E-state index contributed by atoms with van der Waals surface area (Å²) >= 11 is 0. The van der Waals surface area contributed by atoms with Crippen LogP contribution in [0, 0.1) is 17.8 Å². The molecule has 0 radical (unpaired) electrons. The van der Waals surface area contributed by atoms with Gasteiger partial charge in [0.25, 0.3) is 10.2 Å². The van der Waals surface area contributed by atoms with E-state index in [1.165, 1.54) is 25.7 Å². The first kappa shape index (κ1) is 15.7. The molecule has 0 aromatic carbocycles. The molecule has 21 heavy (non-hydrogen) atoms. The number of rotatable bonds is 3. The Kier molecular flexibility index (Phi) is 4.88. The van der Waals surface area contributed by atoms with Gasteiger partial charge in [0.05, 0.1) is 0 Å². The molecule has 2 saturated heterocycles. The van der Waals surface area contributed by atoms with Crippen molar-refractivity contribution in [1.82, 2.24) is 8.61 Å². The monoisotopic (exact) mass is 315 g/mol. The number of fused-ring (bicyclic) bond motifs is 1. The van der Waals surface area contributed by atoms with Gasteiger partial charge in [0.1, 0.15) is 0 Å². The van der Waals surface area contributed by atoms with E-state index in [2.05, 4.69) is 0 Å². The van der Waals surface area contributed by atoms with E-state index in [-0.39, 0.29) is 0 Å². The number of nitrogens with two attached hydrogens (primary N) is 1. The maximum atomic E-state index is 12.8. The minimum Gasteiger partial charge on any atom is -0.330 e. The second kappa shape index (κ2) is 6.52. The Bertz CT molecular complexity index is 446. The molecule has 0 spiro atoms. The molecule has 0 amide bonds. The summed E-state index contributed by atoms with van der Waals surface area (Å²) in [5, 5.41) is 0. The van der Waals surface area contributed by atoms with E-state index in [1.54, 1.807) is 8.61 Å². The number of nitrogens with zero attached hydrogens (tertiary/aromatic N) is 2. The summed E-state index contributed by atoms with van der Waals surface area (Å²) in [7, 11) is -3.24. The highest BCUT2D eigenvalue weighted by Crippen LogP contribution is 2.37. The zero-order valence-corrected chi connectivity index (χ0v) is 13.7. The van der Waals surface area contributed by atoms with Gasteiger partial charge in [-0.3, -0.25) is 0 Å². The van der Waals surface area contributed by atoms with E-state index in [1.807, 2.05) is 0 Å². The van der Waals surface area contributed by atoms with Crippen molar-refractivity contribution in [2.75, 3.05) is 32.7 Å². The van der Waals surface area contributed by atoms with E-state index in [0.29, 0.717) is 31.5 Å². The lowest BCUT2D eigenvalue weighted by Crippen LogP contribution is -2.52. The van der Waals surface area contributed by atoms with Crippen molar-refractivity contribution in [3.05, 3.63) is 0 Å². The van der Waals surface area contributed by atoms with Gasteiger partial charge in [-0.2, -0.15) is 17.0 Å². The standard InChI is InChI=1S/C15H29N3O2S/c16-11-13-5-8-17(9-6-13)21(19,20)18-10-7-14-3-1-2-4-15(14)12-18/h13-15H,1-12,16H2. The van der Waals surface area contributed by atoms with Gasteiger partial charge in [-0.1, -0.05) is 19.3 Å². The zero-order chi connectivity index (χ0) is 14.9. The summed E-state index contributed by atoms with van der Waals surface area (Å²) in [6, 6.07) is 0. The van der Waals surface area contributed by atoms with Crippen molar-refractivity contribution in [2.45, 2.75) is 44.9 Å². The number of hydrogen-bond donors (Lipinski definition) is 1. The second-order valence-corrected chi connectivity index (χ2v) is 8.97. The first-order valence-corrected chi connectivity index (χ1v) is 9.96. The van der Waals surface area contributed by atoms with Gasteiger partial charge in [0.15, 0.2) is 0 Å². The SMILES string of the molecule is NCC1CCN(S(=O)(=O)N2CCC3CCCCC3C2)CC1. The maximum Gasteiger partial charge on any atom is 0.281 e. The molecule has 2 N–H and O–H groups in total. The van der Waals surface area contributed by atoms with E-state index >= 15 is 0 Å². The molecule has 122 valence electrons. The van der Waals surface area contributed by atoms with E-state index < -0.39 is 10.2 Å². The highest BCUT2D eigenvalue weighted by molar-refractivity contribution is 7.86. The largest absolute Gasteiger partial charge is 0.330 e. The lowest BCUT2D eigenvalue weighted by atomic mass is 9.76. The molecule has 0 bridgehead atoms. The van der Waals surface area contributed by atoms with Crippen molar-refractivity contribution in [3.8, 4) is 0 Å². The third-order valence-electron chi connectivity index (χ3n) is 5.81. The Labute approximate surface area is 129 Å². The first-order valence-electron chi connectivity index (χ1n) is 8.56. The third-order valence-corrected chi connectivity index (χ3v) is 7.82. The molecule has 2 atom stereocenters. The van der Waals surface area contributed by atoms with Crippen LogP contribution in [0.1, 0.15) is 44.9 Å². The quantitative estimate of drug-likeness (QED) is 0.856. The van der Waals surface area contributed by atoms with E-state index in [9.17, 15) is 8.42 Å². The van der Waals surface area contributed by atoms with Gasteiger partial charge in [0, 0.05) is 26.2 Å². The molecule has 0 aromatic rings. The summed E-state index contributed by atoms with van der Waals surface area (Å²) in [6.45, 7) is 3.45. The molecular formula is C15H29N3O2S. The van der Waals surface area contributed by atoms with Gasteiger partial charge in [-0.15, -0.1) is 0 Å². The summed E-state index contributed by atoms with van der Waals surface area (Å²) in [5.74, 6) is 1.87. The van der Waals surface area contributed by atoms with Crippen LogP contribution in [-0.4, -0.2) is 49.8 Å². The smallest absolute Gasteiger partial charge is 0.281 e. The van der Waals surface area contributed by atoms with Gasteiger partial charge in [-0.05, 0) is 50.0 Å². The zero-order valence-electron chi connectivity index (χ0n) is 12.9. The topological polar surface area (TPSA) is 66.6 Å². The van der Waals surface area contributed by atoms with Gasteiger partial charge in [0.2, 0.25) is 0 Å². The van der Waals surface area contributed by atoms with Gasteiger partial charge >= 0.3 is 0 Å². The predicted octanol–water partition coefficient (Wildman–Crippen LogP) is 1.41. The Morgan fingerprint density at radius 3 is 2.14 bits per heavy atom. The molecule has 1 aliphatic carbocycles. The molecule has 2 unspecified atom stereocenters. The molecule has 2 heterocycles. The normalized spacial score (nSPS) is 33.8. The van der Waals surface area contributed by atoms with E-state index in [0.717, 1.165) is 38.3 Å². The van der Waals surface area contributed by atoms with E-state index in [4.69, 9.17) is 5.73 Å². The summed E-state index contributed by atoms with van der Waals surface area (Å²) in [6.07, 6.45) is 8.01. The highest BCUT2D eigenvalue weighted by Gasteiger charge is 2.39. The molecule has 3 rings (SSSR count). The fraction of sp³-hybridized carbons (Fsp3) is 1.00. The van der Waals surface area contributed by atoms with Crippen molar-refractivity contribution in [1.29, 1.82) is 0 Å². The Morgan fingerprint density at radius 2 is 1.48 bits per heavy atom. The first-order chi connectivity index (χ1) is 10.1. The average molecular weight is 315 g/mol. The van der Waals surface area contributed by atoms with Crippen molar-refractivity contribution < 1.29 is 8.42 Å². The van der Waals surface area contributed by atoms with Gasteiger partial charge in [-0.25, -0.2) is 0 Å². The minimum atomic E-state index is -3.24. The second-order valence-electron chi connectivity index (χ2n) is 7.04. The molecule has 6 heteroatoms. The maximum absolute atomic E-state index is 12.8. The highest BCUT2D eigenvalue weighted by atomic mass is 32.2. The van der Waals surface area contributed by atoms with Crippen LogP contribution in [0.4, 0.5) is 0 Å². The fourth-order valence-electron chi connectivity index (χ4n) is 4.32. The lowest BCUT2D eigenvalue weighted by molar-refractivity contribution is 0.129. The number of piperidine rings is 2. The lowest BCUT2D eigenvalue weighted by Gasteiger charge is -2.43. The van der Waals surface area contributed by atoms with Crippen LogP contribution in [0.5, 0.6) is 0 Å². The predicted molar refractivity (Wildman–Crippen MR) is 83.9 cm³/mol. The van der Waals surface area contributed by atoms with Crippen LogP contribution in [0.3, 0.4) is 0 Å². The van der Waals surface area contributed by atoms with Crippen LogP contribution in [0.15, 0.2) is 0 Å². The third kappa shape index (κ3) is 3.28. The summed E-state index contributed by atoms with van der Waals surface area (Å²) in [4.78, 5) is 0. The Hall–Kier alpha value is -0.170. The molecule has 1 saturated carbocycles. The summed E-state index contributed by atoms with van der Waals surface area (Å²) < 4.78 is 29.1. The molecule has 0 aromatic heterocycles. The average Bonchev–Trinajstić information content (AvgIpc) is 2.54. The molecule has 3 fully saturated rings. The number of hydrogen-bond acceptors (Lipinski definition) is 3. The Balaban J connectivity index is 1.62. The minimum absolute atomic E-state index is 0.500. The molecule has 5 nitrogen and oxygen atoms in total. The van der Waals surface area contributed by atoms with Crippen molar-refractivity contribution in [3.63, 3.8) is 0 Å². The molecule has 3 aliphatic rings. The van der Waals surface area contributed by atoms with Crippen LogP contribution < -0.4 is 5.73 Å². The van der Waals surface area contributed by atoms with Crippen LogP contribution in [0.25, 0.3) is 0 Å².